The van der Waals surface area contributed by atoms with E-state index in [0.29, 0.717) is 6.54 Å². The number of amides is 1. The third-order valence-corrected chi connectivity index (χ3v) is 2.48. The maximum absolute atomic E-state index is 11.8. The van der Waals surface area contributed by atoms with E-state index in [-0.39, 0.29) is 31.0 Å². The molecule has 0 spiro atoms. The molecular weight excluding hydrogens is 220 g/mol. The van der Waals surface area contributed by atoms with Gasteiger partial charge in [0, 0.05) is 12.6 Å². The van der Waals surface area contributed by atoms with E-state index in [1.807, 2.05) is 27.7 Å². The quantitative estimate of drug-likeness (QED) is 0.667. The summed E-state index contributed by atoms with van der Waals surface area (Å²) < 4.78 is 0. The summed E-state index contributed by atoms with van der Waals surface area (Å²) in [6.45, 7) is 8.42. The predicted octanol–water partition coefficient (Wildman–Crippen LogP) is 0.944. The zero-order chi connectivity index (χ0) is 13.4. The van der Waals surface area contributed by atoms with Crippen LogP contribution in [0, 0.1) is 5.92 Å². The lowest BCUT2D eigenvalue weighted by Gasteiger charge is -2.23. The summed E-state index contributed by atoms with van der Waals surface area (Å²) in [7, 11) is 0. The molecule has 0 rings (SSSR count). The smallest absolute Gasteiger partial charge is 0.323 e. The van der Waals surface area contributed by atoms with Crippen molar-refractivity contribution >= 4 is 11.9 Å². The second-order valence-electron chi connectivity index (χ2n) is 4.75. The minimum Gasteiger partial charge on any atom is -0.480 e. The molecule has 0 saturated carbocycles. The number of carboxylic acid groups (broad SMARTS) is 1. The molecule has 0 aromatic rings. The molecular formula is C12H24N2O3. The second-order valence-corrected chi connectivity index (χ2v) is 4.75. The maximum atomic E-state index is 11.8. The Bertz CT molecular complexity index is 254. The van der Waals surface area contributed by atoms with E-state index in [2.05, 4.69) is 5.32 Å². The van der Waals surface area contributed by atoms with Gasteiger partial charge in [0.25, 0.3) is 0 Å². The van der Waals surface area contributed by atoms with Gasteiger partial charge in [0.05, 0.1) is 6.54 Å². The minimum absolute atomic E-state index is 0.151. The van der Waals surface area contributed by atoms with Crippen LogP contribution in [-0.4, -0.2) is 47.6 Å². The first-order valence-corrected chi connectivity index (χ1v) is 6.09. The number of nitrogens with zero attached hydrogens (tertiary/aromatic N) is 1. The average molecular weight is 244 g/mol. The van der Waals surface area contributed by atoms with Crippen LogP contribution in [-0.2, 0) is 9.59 Å². The zero-order valence-corrected chi connectivity index (χ0v) is 11.2. The number of carboxylic acids is 1. The normalized spacial score (nSPS) is 12.5. The SMILES string of the molecule is CCC(C)NCC(=O)N(CC(=O)O)CC(C)C. The fourth-order valence-electron chi connectivity index (χ4n) is 1.38. The van der Waals surface area contributed by atoms with Crippen molar-refractivity contribution in [2.24, 2.45) is 5.92 Å². The Morgan fingerprint density at radius 1 is 1.29 bits per heavy atom. The highest BCUT2D eigenvalue weighted by molar-refractivity contribution is 5.82. The Balaban J connectivity index is 4.26. The van der Waals surface area contributed by atoms with Gasteiger partial charge >= 0.3 is 5.97 Å². The summed E-state index contributed by atoms with van der Waals surface area (Å²) in [5, 5.41) is 11.8. The van der Waals surface area contributed by atoms with Gasteiger partial charge in [-0.15, -0.1) is 0 Å². The number of rotatable bonds is 8. The number of carbonyl (C=O) groups is 2. The highest BCUT2D eigenvalue weighted by Crippen LogP contribution is 1.99. The first-order chi connectivity index (χ1) is 7.86. The van der Waals surface area contributed by atoms with Crippen molar-refractivity contribution in [3.63, 3.8) is 0 Å². The summed E-state index contributed by atoms with van der Waals surface area (Å²) in [5.74, 6) is -0.856. The third kappa shape index (κ3) is 7.74. The minimum atomic E-state index is -0.970. The molecule has 17 heavy (non-hydrogen) atoms. The molecule has 5 heteroatoms. The van der Waals surface area contributed by atoms with Crippen molar-refractivity contribution in [2.75, 3.05) is 19.6 Å². The molecule has 0 bridgehead atoms. The van der Waals surface area contributed by atoms with Gasteiger partial charge in [0.1, 0.15) is 6.54 Å². The molecule has 0 fully saturated rings. The fraction of sp³-hybridized carbons (Fsp3) is 0.833. The first-order valence-electron chi connectivity index (χ1n) is 6.09. The van der Waals surface area contributed by atoms with E-state index in [1.165, 1.54) is 4.90 Å². The Morgan fingerprint density at radius 3 is 2.29 bits per heavy atom. The van der Waals surface area contributed by atoms with Crippen LogP contribution < -0.4 is 5.32 Å². The van der Waals surface area contributed by atoms with Gasteiger partial charge in [-0.25, -0.2) is 0 Å². The van der Waals surface area contributed by atoms with Crippen LogP contribution in [0.2, 0.25) is 0 Å². The Hall–Kier alpha value is -1.10. The molecule has 0 aliphatic rings. The van der Waals surface area contributed by atoms with Crippen LogP contribution in [0.25, 0.3) is 0 Å². The second kappa shape index (κ2) is 8.06. The van der Waals surface area contributed by atoms with Crippen molar-refractivity contribution in [1.82, 2.24) is 10.2 Å². The monoisotopic (exact) mass is 244 g/mol. The highest BCUT2D eigenvalue weighted by Gasteiger charge is 2.17. The molecule has 0 aromatic carbocycles. The van der Waals surface area contributed by atoms with Gasteiger partial charge in [-0.05, 0) is 19.3 Å². The van der Waals surface area contributed by atoms with E-state index < -0.39 is 5.97 Å². The summed E-state index contributed by atoms with van der Waals surface area (Å²) in [4.78, 5) is 23.9. The third-order valence-electron chi connectivity index (χ3n) is 2.48. The van der Waals surface area contributed by atoms with Gasteiger partial charge in [0.2, 0.25) is 5.91 Å². The molecule has 0 heterocycles. The summed E-state index contributed by atoms with van der Waals surface area (Å²) >= 11 is 0. The molecule has 2 N–H and O–H groups in total. The summed E-state index contributed by atoms with van der Waals surface area (Å²) in [6.07, 6.45) is 0.941. The van der Waals surface area contributed by atoms with E-state index in [0.717, 1.165) is 6.42 Å². The molecule has 0 radical (unpaired) electrons. The first kappa shape index (κ1) is 15.9. The molecule has 0 aliphatic carbocycles. The van der Waals surface area contributed by atoms with Crippen molar-refractivity contribution in [1.29, 1.82) is 0 Å². The molecule has 1 amide bonds. The molecule has 1 unspecified atom stereocenters. The molecule has 0 aromatic heterocycles. The lowest BCUT2D eigenvalue weighted by atomic mass is 10.2. The van der Waals surface area contributed by atoms with Crippen LogP contribution in [0.4, 0.5) is 0 Å². The lowest BCUT2D eigenvalue weighted by molar-refractivity contribution is -0.144. The molecule has 0 aliphatic heterocycles. The van der Waals surface area contributed by atoms with Gasteiger partial charge in [-0.3, -0.25) is 9.59 Å². The molecule has 5 nitrogen and oxygen atoms in total. The number of nitrogens with one attached hydrogen (secondary N) is 1. The summed E-state index contributed by atoms with van der Waals surface area (Å²) in [5.41, 5.74) is 0. The van der Waals surface area contributed by atoms with Crippen LogP contribution in [0.15, 0.2) is 0 Å². The van der Waals surface area contributed by atoms with E-state index in [4.69, 9.17) is 5.11 Å². The van der Waals surface area contributed by atoms with Crippen LogP contribution in [0.5, 0.6) is 0 Å². The van der Waals surface area contributed by atoms with Crippen molar-refractivity contribution in [2.45, 2.75) is 40.2 Å². The van der Waals surface area contributed by atoms with E-state index in [1.54, 1.807) is 0 Å². The van der Waals surface area contributed by atoms with Gasteiger partial charge < -0.3 is 15.3 Å². The number of hydrogen-bond acceptors (Lipinski definition) is 3. The standard InChI is InChI=1S/C12H24N2O3/c1-5-10(4)13-6-11(15)14(7-9(2)3)8-12(16)17/h9-10,13H,5-8H2,1-4H3,(H,16,17). The topological polar surface area (TPSA) is 69.6 Å². The van der Waals surface area contributed by atoms with E-state index >= 15 is 0 Å². The lowest BCUT2D eigenvalue weighted by Crippen LogP contribution is -2.44. The summed E-state index contributed by atoms with van der Waals surface area (Å²) in [6, 6.07) is 0.268. The predicted molar refractivity (Wildman–Crippen MR) is 66.8 cm³/mol. The maximum Gasteiger partial charge on any atom is 0.323 e. The van der Waals surface area contributed by atoms with Gasteiger partial charge in [0.15, 0.2) is 0 Å². The van der Waals surface area contributed by atoms with Crippen LogP contribution >= 0.6 is 0 Å². The van der Waals surface area contributed by atoms with Crippen molar-refractivity contribution in [3.8, 4) is 0 Å². The average Bonchev–Trinajstić information content (AvgIpc) is 2.23. The van der Waals surface area contributed by atoms with Crippen molar-refractivity contribution < 1.29 is 14.7 Å². The number of carbonyl (C=O) groups excluding carboxylic acids is 1. The molecule has 100 valence electrons. The van der Waals surface area contributed by atoms with Crippen LogP contribution in [0.1, 0.15) is 34.1 Å². The fourth-order valence-corrected chi connectivity index (χ4v) is 1.38. The van der Waals surface area contributed by atoms with Gasteiger partial charge in [-0.2, -0.15) is 0 Å². The number of aliphatic carboxylic acids is 1. The van der Waals surface area contributed by atoms with Crippen molar-refractivity contribution in [3.05, 3.63) is 0 Å². The Labute approximate surface area is 103 Å². The van der Waals surface area contributed by atoms with Gasteiger partial charge in [-0.1, -0.05) is 20.8 Å². The molecule has 0 saturated heterocycles. The Kier molecular flexibility index (Phi) is 7.54. The van der Waals surface area contributed by atoms with E-state index in [9.17, 15) is 9.59 Å². The molecule has 1 atom stereocenters. The van der Waals surface area contributed by atoms with Crippen LogP contribution in [0.3, 0.4) is 0 Å². The largest absolute Gasteiger partial charge is 0.480 e. The number of hydrogen-bond donors (Lipinski definition) is 2. The Morgan fingerprint density at radius 2 is 1.88 bits per heavy atom. The highest BCUT2D eigenvalue weighted by atomic mass is 16.4. The zero-order valence-electron chi connectivity index (χ0n) is 11.2.